The van der Waals surface area contributed by atoms with E-state index >= 15 is 0 Å². The molecule has 0 radical (unpaired) electrons. The Labute approximate surface area is 168 Å². The Morgan fingerprint density at radius 3 is 1.70 bits per heavy atom. The molecule has 0 aromatic carbocycles. The van der Waals surface area contributed by atoms with Crippen molar-refractivity contribution in [2.24, 2.45) is 5.92 Å². The molecular formula is C24H43NO2. The second kappa shape index (κ2) is 15.9. The Hall–Kier alpha value is -1.12. The van der Waals surface area contributed by atoms with Gasteiger partial charge in [-0.15, -0.1) is 0 Å². The summed E-state index contributed by atoms with van der Waals surface area (Å²) in [4.78, 5) is 25.0. The highest BCUT2D eigenvalue weighted by atomic mass is 16.2. The molecule has 2 amide bonds. The lowest BCUT2D eigenvalue weighted by molar-refractivity contribution is -0.138. The number of hydrogen-bond donors (Lipinski definition) is 0. The molecule has 156 valence electrons. The third-order valence-corrected chi connectivity index (χ3v) is 5.69. The smallest absolute Gasteiger partial charge is 0.236 e. The zero-order valence-corrected chi connectivity index (χ0v) is 18.0. The van der Waals surface area contributed by atoms with Gasteiger partial charge in [-0.3, -0.25) is 14.5 Å². The highest BCUT2D eigenvalue weighted by molar-refractivity contribution is 6.04. The van der Waals surface area contributed by atoms with Crippen molar-refractivity contribution in [3.8, 4) is 0 Å². The Bertz CT molecular complexity index is 430. The summed E-state index contributed by atoms with van der Waals surface area (Å²) in [5, 5.41) is 0. The van der Waals surface area contributed by atoms with Crippen molar-refractivity contribution in [2.45, 2.75) is 117 Å². The molecule has 0 bridgehead atoms. The number of unbranched alkanes of at least 4 members (excludes halogenated alkanes) is 14. The van der Waals surface area contributed by atoms with Crippen LogP contribution in [0.4, 0.5) is 0 Å². The lowest BCUT2D eigenvalue weighted by atomic mass is 10.0. The van der Waals surface area contributed by atoms with Crippen LogP contribution in [0.15, 0.2) is 12.2 Å². The Morgan fingerprint density at radius 1 is 0.778 bits per heavy atom. The average Bonchev–Trinajstić information content (AvgIpc) is 2.94. The van der Waals surface area contributed by atoms with Gasteiger partial charge in [-0.05, 0) is 19.8 Å². The third-order valence-electron chi connectivity index (χ3n) is 5.69. The van der Waals surface area contributed by atoms with Gasteiger partial charge in [0.2, 0.25) is 11.8 Å². The molecule has 0 saturated carbocycles. The zero-order valence-electron chi connectivity index (χ0n) is 18.0. The van der Waals surface area contributed by atoms with Crippen LogP contribution < -0.4 is 0 Å². The van der Waals surface area contributed by atoms with Crippen LogP contribution in [0.25, 0.3) is 0 Å². The lowest BCUT2D eigenvalue weighted by Gasteiger charge is -2.09. The largest absolute Gasteiger partial charge is 0.282 e. The minimum atomic E-state index is -0.205. The normalized spacial score (nSPS) is 17.6. The first-order valence-corrected chi connectivity index (χ1v) is 11.7. The maximum Gasteiger partial charge on any atom is 0.236 e. The molecule has 1 heterocycles. The lowest BCUT2D eigenvalue weighted by Crippen LogP contribution is -2.29. The maximum absolute atomic E-state index is 12.0. The molecule has 0 N–H and O–H groups in total. The highest BCUT2D eigenvalue weighted by Crippen LogP contribution is 2.21. The van der Waals surface area contributed by atoms with E-state index in [1.165, 1.54) is 94.8 Å². The van der Waals surface area contributed by atoms with Gasteiger partial charge in [0.05, 0.1) is 5.92 Å². The first kappa shape index (κ1) is 23.9. The highest BCUT2D eigenvalue weighted by Gasteiger charge is 2.35. The number of amides is 2. The second-order valence-corrected chi connectivity index (χ2v) is 8.10. The fraction of sp³-hybridized carbons (Fsp3) is 0.833. The number of likely N-dealkylation sites (tertiary alicyclic amines) is 1. The quantitative estimate of drug-likeness (QED) is 0.159. The number of carbonyl (C=O) groups is 2. The summed E-state index contributed by atoms with van der Waals surface area (Å²) in [6.45, 7) is 4.63. The van der Waals surface area contributed by atoms with E-state index < -0.39 is 0 Å². The molecule has 3 nitrogen and oxygen atoms in total. The fourth-order valence-electron chi connectivity index (χ4n) is 3.91. The summed E-state index contributed by atoms with van der Waals surface area (Å²) in [5.41, 5.74) is 0. The molecule has 0 aliphatic carbocycles. The van der Waals surface area contributed by atoms with Crippen LogP contribution in [0.2, 0.25) is 0 Å². The van der Waals surface area contributed by atoms with Gasteiger partial charge in [-0.1, -0.05) is 103 Å². The molecule has 27 heavy (non-hydrogen) atoms. The molecule has 1 rings (SSSR count). The van der Waals surface area contributed by atoms with Crippen molar-refractivity contribution < 1.29 is 9.59 Å². The molecule has 1 atom stereocenters. The standard InChI is InChI=1S/C24H43NO2/c1-3-5-6-7-8-9-10-11-12-13-14-15-16-17-18-19-20-22-21-23(26)25(4-2)24(22)27/h19-20,22H,3-18,21H2,1-2H3. The van der Waals surface area contributed by atoms with Crippen LogP contribution in [-0.2, 0) is 9.59 Å². The van der Waals surface area contributed by atoms with Crippen LogP contribution in [0, 0.1) is 5.92 Å². The van der Waals surface area contributed by atoms with Gasteiger partial charge in [0.25, 0.3) is 0 Å². The second-order valence-electron chi connectivity index (χ2n) is 8.10. The number of hydrogen-bond acceptors (Lipinski definition) is 2. The van der Waals surface area contributed by atoms with Crippen LogP contribution in [-0.4, -0.2) is 23.3 Å². The van der Waals surface area contributed by atoms with Gasteiger partial charge in [0, 0.05) is 13.0 Å². The van der Waals surface area contributed by atoms with Gasteiger partial charge < -0.3 is 0 Å². The SMILES string of the molecule is CCCCCCCCCCCCCCCCC=CC1CC(=O)N(CC)C1=O. The number of rotatable bonds is 17. The predicted octanol–water partition coefficient (Wildman–Crippen LogP) is 6.81. The first-order valence-electron chi connectivity index (χ1n) is 11.7. The molecule has 0 spiro atoms. The Balaban J connectivity index is 1.85. The summed E-state index contributed by atoms with van der Waals surface area (Å²) in [6, 6.07) is 0. The average molecular weight is 378 g/mol. The van der Waals surface area contributed by atoms with Crippen LogP contribution >= 0.6 is 0 Å². The van der Waals surface area contributed by atoms with Crippen molar-refractivity contribution in [1.29, 1.82) is 0 Å². The molecule has 1 unspecified atom stereocenters. The van der Waals surface area contributed by atoms with Crippen LogP contribution in [0.3, 0.4) is 0 Å². The summed E-state index contributed by atoms with van der Waals surface area (Å²) in [7, 11) is 0. The van der Waals surface area contributed by atoms with Crippen molar-refractivity contribution in [1.82, 2.24) is 4.90 Å². The summed E-state index contributed by atoms with van der Waals surface area (Å²) in [6.07, 6.45) is 24.7. The van der Waals surface area contributed by atoms with Crippen molar-refractivity contribution in [3.63, 3.8) is 0 Å². The summed E-state index contributed by atoms with van der Waals surface area (Å²) < 4.78 is 0. The van der Waals surface area contributed by atoms with E-state index in [0.29, 0.717) is 13.0 Å². The van der Waals surface area contributed by atoms with E-state index in [1.54, 1.807) is 0 Å². The number of nitrogens with zero attached hydrogens (tertiary/aromatic N) is 1. The minimum Gasteiger partial charge on any atom is -0.282 e. The van der Waals surface area contributed by atoms with E-state index in [1.807, 2.05) is 13.0 Å². The Morgan fingerprint density at radius 2 is 1.26 bits per heavy atom. The van der Waals surface area contributed by atoms with Gasteiger partial charge in [-0.25, -0.2) is 0 Å². The van der Waals surface area contributed by atoms with Crippen molar-refractivity contribution >= 4 is 11.8 Å². The van der Waals surface area contributed by atoms with Crippen molar-refractivity contribution in [2.75, 3.05) is 6.54 Å². The number of imide groups is 1. The minimum absolute atomic E-state index is 0.0142. The summed E-state index contributed by atoms with van der Waals surface area (Å²) >= 11 is 0. The van der Waals surface area contributed by atoms with E-state index in [2.05, 4.69) is 13.0 Å². The number of carbonyl (C=O) groups excluding carboxylic acids is 2. The molecule has 0 aromatic rings. The third kappa shape index (κ3) is 10.7. The molecule has 1 aliphatic rings. The molecule has 1 aliphatic heterocycles. The maximum atomic E-state index is 12.0. The van der Waals surface area contributed by atoms with Crippen LogP contribution in [0.5, 0.6) is 0 Å². The van der Waals surface area contributed by atoms with E-state index in [9.17, 15) is 9.59 Å². The Kier molecular flexibility index (Phi) is 14.1. The van der Waals surface area contributed by atoms with Gasteiger partial charge in [0.1, 0.15) is 0 Å². The predicted molar refractivity (Wildman–Crippen MR) is 115 cm³/mol. The first-order chi connectivity index (χ1) is 13.2. The van der Waals surface area contributed by atoms with E-state index in [-0.39, 0.29) is 17.7 Å². The summed E-state index contributed by atoms with van der Waals surface area (Å²) in [5.74, 6) is -0.238. The zero-order chi connectivity index (χ0) is 19.7. The molecule has 1 fully saturated rings. The van der Waals surface area contributed by atoms with Gasteiger partial charge >= 0.3 is 0 Å². The monoisotopic (exact) mass is 377 g/mol. The molecular weight excluding hydrogens is 334 g/mol. The fourth-order valence-corrected chi connectivity index (χ4v) is 3.91. The van der Waals surface area contributed by atoms with Crippen molar-refractivity contribution in [3.05, 3.63) is 12.2 Å². The van der Waals surface area contributed by atoms with E-state index in [4.69, 9.17) is 0 Å². The van der Waals surface area contributed by atoms with Gasteiger partial charge in [-0.2, -0.15) is 0 Å². The molecule has 3 heteroatoms. The van der Waals surface area contributed by atoms with Crippen LogP contribution in [0.1, 0.15) is 117 Å². The number of allylic oxidation sites excluding steroid dienone is 1. The molecule has 1 saturated heterocycles. The topological polar surface area (TPSA) is 37.4 Å². The van der Waals surface area contributed by atoms with Gasteiger partial charge in [0.15, 0.2) is 0 Å². The molecule has 0 aromatic heterocycles. The van der Waals surface area contributed by atoms with E-state index in [0.717, 1.165) is 6.42 Å².